The normalized spacial score (nSPS) is 24.9. The molecule has 0 bridgehead atoms. The Balaban J connectivity index is 0.000000121. The van der Waals surface area contributed by atoms with Crippen molar-refractivity contribution >= 4 is 44.7 Å². The summed E-state index contributed by atoms with van der Waals surface area (Å²) in [7, 11) is 3.59. The fraction of sp³-hybridized carbons (Fsp3) is 0.364. The minimum absolute atomic E-state index is 0.0975. The van der Waals surface area contributed by atoms with Gasteiger partial charge >= 0.3 is 17.3 Å². The summed E-state index contributed by atoms with van der Waals surface area (Å²) in [5, 5.41) is 35.6. The number of H-pyrrole nitrogens is 2. The standard InChI is InChI=1S/C22H22N6O2.C13H16N4O.C9H8N2O2/c1-27-16-6-3-2-5-15(16)19(26-27)20(29)23-14-11-22(12-14)9-13(10-22)18-17-7-4-8-28(17)21(30)25-24-18;14-9-6-13(7-9)4-8(5-13)11-10-2-1-3-17(10)12(18)16-15-11;1-11-7-5-3-2-4-6(7)8(10-11)9(12)13/h2-8,13-14H,9-12H2,1H3,(H,23,29)(H,25,30);1-3,8-9H,4-7,14H2,(H,16,18);2-5H,1H3,(H,12,13). The van der Waals surface area contributed by atoms with Gasteiger partial charge in [-0.2, -0.15) is 20.4 Å². The topological polar surface area (TPSA) is 228 Å². The van der Waals surface area contributed by atoms with Crippen LogP contribution in [0.2, 0.25) is 0 Å². The largest absolute Gasteiger partial charge is 0.476 e. The number of aryl methyl sites for hydroxylation is 2. The van der Waals surface area contributed by atoms with Crippen LogP contribution in [0.15, 0.2) is 94.8 Å². The third-order valence-corrected chi connectivity index (χ3v) is 13.5. The number of carboxylic acids is 1. The smallest absolute Gasteiger partial charge is 0.357 e. The van der Waals surface area contributed by atoms with Crippen molar-refractivity contribution in [1.82, 2.24) is 54.1 Å². The van der Waals surface area contributed by atoms with Crippen molar-refractivity contribution in [2.45, 2.75) is 75.3 Å². The Morgan fingerprint density at radius 2 is 1.10 bits per heavy atom. The first kappa shape index (κ1) is 38.3. The maximum absolute atomic E-state index is 12.8. The number of hydrogen-bond acceptors (Lipinski definition) is 9. The van der Waals surface area contributed by atoms with Gasteiger partial charge in [0.15, 0.2) is 11.4 Å². The molecule has 12 rings (SSSR count). The van der Waals surface area contributed by atoms with Gasteiger partial charge < -0.3 is 16.2 Å². The number of hydrogen-bond donors (Lipinski definition) is 5. The number of benzene rings is 2. The molecule has 0 atom stereocenters. The fourth-order valence-electron chi connectivity index (χ4n) is 10.7. The number of carbonyl (C=O) groups is 2. The highest BCUT2D eigenvalue weighted by atomic mass is 16.4. The number of amides is 1. The van der Waals surface area contributed by atoms with Crippen molar-refractivity contribution < 1.29 is 14.7 Å². The second kappa shape index (κ2) is 14.4. The Hall–Kier alpha value is -6.88. The second-order valence-corrected chi connectivity index (χ2v) is 17.6. The third kappa shape index (κ3) is 6.59. The first-order chi connectivity index (χ1) is 29.4. The van der Waals surface area contributed by atoms with Gasteiger partial charge in [0, 0.05) is 61.2 Å². The van der Waals surface area contributed by atoms with Crippen molar-refractivity contribution in [3.63, 3.8) is 0 Å². The number of aromatic carboxylic acids is 1. The summed E-state index contributed by atoms with van der Waals surface area (Å²) >= 11 is 0. The lowest BCUT2D eigenvalue weighted by Crippen LogP contribution is -2.55. The van der Waals surface area contributed by atoms with Crippen molar-refractivity contribution in [3.05, 3.63) is 129 Å². The van der Waals surface area contributed by atoms with Crippen LogP contribution in [0.25, 0.3) is 32.8 Å². The highest BCUT2D eigenvalue weighted by molar-refractivity contribution is 6.05. The molecule has 4 aliphatic rings. The lowest BCUT2D eigenvalue weighted by Gasteiger charge is -2.57. The van der Waals surface area contributed by atoms with E-state index in [0.29, 0.717) is 34.4 Å². The molecule has 0 saturated heterocycles. The zero-order chi connectivity index (χ0) is 42.2. The van der Waals surface area contributed by atoms with Crippen LogP contribution in [0, 0.1) is 10.8 Å². The summed E-state index contributed by atoms with van der Waals surface area (Å²) in [5.74, 6) is -0.251. The Labute approximate surface area is 347 Å². The van der Waals surface area contributed by atoms with E-state index in [0.717, 1.165) is 77.4 Å². The van der Waals surface area contributed by atoms with E-state index in [9.17, 15) is 19.2 Å². The molecule has 2 aromatic carbocycles. The van der Waals surface area contributed by atoms with Crippen LogP contribution in [0.4, 0.5) is 0 Å². The zero-order valence-electron chi connectivity index (χ0n) is 33.8. The average Bonchev–Trinajstić information content (AvgIpc) is 4.01. The minimum atomic E-state index is -0.989. The molecule has 61 heavy (non-hydrogen) atoms. The number of fused-ring (bicyclic) bond motifs is 4. The maximum Gasteiger partial charge on any atom is 0.357 e. The van der Waals surface area contributed by atoms with E-state index in [1.54, 1.807) is 49.7 Å². The van der Waals surface area contributed by atoms with Crippen molar-refractivity contribution in [2.75, 3.05) is 0 Å². The van der Waals surface area contributed by atoms with E-state index in [-0.39, 0.29) is 34.4 Å². The summed E-state index contributed by atoms with van der Waals surface area (Å²) in [6, 6.07) is 23.3. The van der Waals surface area contributed by atoms with Gasteiger partial charge in [-0.25, -0.2) is 24.6 Å². The fourth-order valence-corrected chi connectivity index (χ4v) is 10.7. The second-order valence-electron chi connectivity index (χ2n) is 17.6. The number of para-hydroxylation sites is 2. The van der Waals surface area contributed by atoms with E-state index in [1.807, 2.05) is 67.7 Å². The van der Waals surface area contributed by atoms with E-state index >= 15 is 0 Å². The molecular weight excluding hydrogens is 777 g/mol. The molecular formula is C44H46N12O5. The number of carboxylic acid groups (broad SMARTS) is 1. The van der Waals surface area contributed by atoms with E-state index in [1.165, 1.54) is 12.8 Å². The Morgan fingerprint density at radius 3 is 1.59 bits per heavy atom. The van der Waals surface area contributed by atoms with Crippen LogP contribution in [0.3, 0.4) is 0 Å². The number of nitrogens with one attached hydrogen (secondary N) is 3. The zero-order valence-corrected chi connectivity index (χ0v) is 33.8. The van der Waals surface area contributed by atoms with Crippen LogP contribution in [-0.2, 0) is 14.1 Å². The molecule has 0 radical (unpaired) electrons. The van der Waals surface area contributed by atoms with Gasteiger partial charge in [0.2, 0.25) is 0 Å². The Morgan fingerprint density at radius 1 is 0.656 bits per heavy atom. The van der Waals surface area contributed by atoms with Crippen LogP contribution in [0.5, 0.6) is 0 Å². The number of carbonyl (C=O) groups excluding carboxylic acids is 1. The van der Waals surface area contributed by atoms with Gasteiger partial charge in [0.05, 0.1) is 33.5 Å². The average molecular weight is 823 g/mol. The minimum Gasteiger partial charge on any atom is -0.476 e. The first-order valence-electron chi connectivity index (χ1n) is 20.6. The molecule has 17 heteroatoms. The summed E-state index contributed by atoms with van der Waals surface area (Å²) in [6.45, 7) is 0. The molecule has 0 aliphatic heterocycles. The predicted molar refractivity (Wildman–Crippen MR) is 227 cm³/mol. The number of rotatable bonds is 5. The number of nitrogens with two attached hydrogens (primary N) is 1. The molecule has 2 spiro atoms. The number of aromatic amines is 2. The van der Waals surface area contributed by atoms with Crippen molar-refractivity contribution in [1.29, 1.82) is 0 Å². The molecule has 4 aliphatic carbocycles. The van der Waals surface area contributed by atoms with Gasteiger partial charge in [0.25, 0.3) is 5.91 Å². The predicted octanol–water partition coefficient (Wildman–Crippen LogP) is 4.64. The first-order valence-corrected chi connectivity index (χ1v) is 20.6. The summed E-state index contributed by atoms with van der Waals surface area (Å²) in [6.07, 6.45) is 12.3. The highest BCUT2D eigenvalue weighted by Gasteiger charge is 2.55. The number of aromatic nitrogens is 10. The SMILES string of the molecule is Cn1nc(C(=O)NC2CC3(C2)CC(c2n[nH]c(=O)n4cccc24)C3)c2ccccc21.Cn1nc(C(=O)O)c2ccccc21.NC1CC2(C1)CC(c1n[nH]c(=O)n3cccc13)C2. The molecule has 17 nitrogen and oxygen atoms in total. The lowest BCUT2D eigenvalue weighted by atomic mass is 9.49. The van der Waals surface area contributed by atoms with Gasteiger partial charge in [-0.1, -0.05) is 36.4 Å². The molecule has 8 aromatic rings. The Bertz CT molecular complexity index is 3100. The summed E-state index contributed by atoms with van der Waals surface area (Å²) in [5.41, 5.74) is 12.5. The quantitative estimate of drug-likeness (QED) is 0.162. The highest BCUT2D eigenvalue weighted by Crippen LogP contribution is 2.62. The molecule has 6 aromatic heterocycles. The van der Waals surface area contributed by atoms with Gasteiger partial charge in [-0.15, -0.1) is 0 Å². The monoisotopic (exact) mass is 822 g/mol. The van der Waals surface area contributed by atoms with E-state index in [4.69, 9.17) is 10.8 Å². The Kier molecular flexibility index (Phi) is 9.05. The summed E-state index contributed by atoms with van der Waals surface area (Å²) in [4.78, 5) is 47.0. The van der Waals surface area contributed by atoms with Crippen LogP contribution in [-0.4, -0.2) is 77.8 Å². The van der Waals surface area contributed by atoms with Gasteiger partial charge in [0.1, 0.15) is 0 Å². The maximum atomic E-state index is 12.8. The number of nitrogens with zero attached hydrogens (tertiary/aromatic N) is 8. The molecule has 4 fully saturated rings. The van der Waals surface area contributed by atoms with Gasteiger partial charge in [-0.3, -0.25) is 23.0 Å². The molecule has 1 amide bonds. The van der Waals surface area contributed by atoms with Gasteiger partial charge in [-0.05, 0) is 98.6 Å². The molecule has 0 unspecified atom stereocenters. The molecule has 6 heterocycles. The molecule has 4 saturated carbocycles. The van der Waals surface area contributed by atoms with Crippen LogP contribution in [0.1, 0.15) is 95.6 Å². The summed E-state index contributed by atoms with van der Waals surface area (Å²) < 4.78 is 6.58. The van der Waals surface area contributed by atoms with E-state index in [2.05, 4.69) is 35.9 Å². The van der Waals surface area contributed by atoms with Crippen LogP contribution < -0.4 is 22.4 Å². The van der Waals surface area contributed by atoms with E-state index < -0.39 is 5.97 Å². The molecule has 6 N–H and O–H groups in total. The lowest BCUT2D eigenvalue weighted by molar-refractivity contribution is -0.0198. The van der Waals surface area contributed by atoms with Crippen LogP contribution >= 0.6 is 0 Å². The van der Waals surface area contributed by atoms with Crippen molar-refractivity contribution in [3.8, 4) is 0 Å². The molecule has 312 valence electrons. The third-order valence-electron chi connectivity index (χ3n) is 13.5. The van der Waals surface area contributed by atoms with Crippen molar-refractivity contribution in [2.24, 2.45) is 30.7 Å².